The zero-order valence-electron chi connectivity index (χ0n) is 16.2. The maximum Gasteiger partial charge on any atom is 0.417 e. The van der Waals surface area contributed by atoms with Gasteiger partial charge in [0.1, 0.15) is 11.5 Å². The Bertz CT molecular complexity index is 961. The van der Waals surface area contributed by atoms with Crippen molar-refractivity contribution in [2.75, 3.05) is 24.5 Å². The van der Waals surface area contributed by atoms with Crippen LogP contribution in [0.1, 0.15) is 23.7 Å². The number of hydrogen-bond acceptors (Lipinski definition) is 5. The molecule has 0 bridgehead atoms. The van der Waals surface area contributed by atoms with E-state index in [4.69, 9.17) is 0 Å². The zero-order valence-corrected chi connectivity index (χ0v) is 16.2. The molecule has 29 heavy (non-hydrogen) atoms. The maximum atomic E-state index is 12.8. The van der Waals surface area contributed by atoms with Crippen molar-refractivity contribution in [3.63, 3.8) is 0 Å². The van der Waals surface area contributed by atoms with Gasteiger partial charge in [-0.25, -0.2) is 9.97 Å². The molecule has 10 heteroatoms. The predicted octanol–water partition coefficient (Wildman–Crippen LogP) is 3.23. The quantitative estimate of drug-likeness (QED) is 0.697. The van der Waals surface area contributed by atoms with Gasteiger partial charge in [-0.15, -0.1) is 0 Å². The topological polar surface area (TPSA) is 76.7 Å². The van der Waals surface area contributed by atoms with Crippen LogP contribution in [-0.2, 0) is 12.7 Å². The summed E-state index contributed by atoms with van der Waals surface area (Å²) in [5.74, 6) is 1.33. The number of imidazole rings is 1. The minimum atomic E-state index is -4.37. The third kappa shape index (κ3) is 4.12. The molecule has 1 aliphatic rings. The highest BCUT2D eigenvalue weighted by atomic mass is 19.4. The summed E-state index contributed by atoms with van der Waals surface area (Å²) in [4.78, 5) is 16.0. The van der Waals surface area contributed by atoms with E-state index in [0.29, 0.717) is 18.9 Å². The molecule has 3 aromatic heterocycles. The Morgan fingerprint density at radius 3 is 2.59 bits per heavy atom. The van der Waals surface area contributed by atoms with Crippen LogP contribution < -0.4 is 4.90 Å². The SMILES string of the molecule is Cc1cnc(-c2[nH]ncc2CN2CCN(c3ccc(C(F)(F)F)cn3)C(C)C2)[nH]1. The number of anilines is 1. The van der Waals surface area contributed by atoms with Gasteiger partial charge in [0.2, 0.25) is 0 Å². The first-order valence-corrected chi connectivity index (χ1v) is 9.37. The van der Waals surface area contributed by atoms with Gasteiger partial charge in [-0.1, -0.05) is 0 Å². The summed E-state index contributed by atoms with van der Waals surface area (Å²) >= 11 is 0. The molecule has 1 saturated heterocycles. The lowest BCUT2D eigenvalue weighted by molar-refractivity contribution is -0.137. The Morgan fingerprint density at radius 2 is 1.97 bits per heavy atom. The molecule has 0 spiro atoms. The second-order valence-electron chi connectivity index (χ2n) is 7.37. The molecule has 1 atom stereocenters. The van der Waals surface area contributed by atoms with E-state index in [1.54, 1.807) is 6.20 Å². The van der Waals surface area contributed by atoms with Crippen molar-refractivity contribution < 1.29 is 13.2 Å². The first-order valence-electron chi connectivity index (χ1n) is 9.37. The highest BCUT2D eigenvalue weighted by molar-refractivity contribution is 5.54. The van der Waals surface area contributed by atoms with Crippen LogP contribution in [0.25, 0.3) is 11.5 Å². The fraction of sp³-hybridized carbons (Fsp3) is 0.421. The van der Waals surface area contributed by atoms with Crippen molar-refractivity contribution >= 4 is 5.82 Å². The number of piperazine rings is 1. The summed E-state index contributed by atoms with van der Waals surface area (Å²) in [6.45, 7) is 6.94. The Morgan fingerprint density at radius 1 is 1.14 bits per heavy atom. The van der Waals surface area contributed by atoms with E-state index in [1.807, 2.05) is 18.0 Å². The van der Waals surface area contributed by atoms with Crippen LogP contribution in [0.2, 0.25) is 0 Å². The van der Waals surface area contributed by atoms with Crippen molar-refractivity contribution in [3.8, 4) is 11.5 Å². The molecule has 154 valence electrons. The first-order chi connectivity index (χ1) is 13.8. The van der Waals surface area contributed by atoms with Crippen LogP contribution in [0.5, 0.6) is 0 Å². The van der Waals surface area contributed by atoms with Gasteiger partial charge < -0.3 is 9.88 Å². The summed E-state index contributed by atoms with van der Waals surface area (Å²) in [6, 6.07) is 2.65. The third-order valence-electron chi connectivity index (χ3n) is 5.13. The number of nitrogens with zero attached hydrogens (tertiary/aromatic N) is 5. The number of pyridine rings is 1. The number of hydrogen-bond donors (Lipinski definition) is 2. The van der Waals surface area contributed by atoms with E-state index in [2.05, 4.69) is 37.0 Å². The van der Waals surface area contributed by atoms with Crippen molar-refractivity contribution in [1.29, 1.82) is 0 Å². The van der Waals surface area contributed by atoms with Gasteiger partial charge in [0, 0.05) is 55.9 Å². The van der Waals surface area contributed by atoms with E-state index < -0.39 is 11.7 Å². The van der Waals surface area contributed by atoms with Crippen LogP contribution in [0.3, 0.4) is 0 Å². The van der Waals surface area contributed by atoms with Gasteiger partial charge in [-0.05, 0) is 26.0 Å². The zero-order chi connectivity index (χ0) is 20.6. The van der Waals surface area contributed by atoms with Crippen molar-refractivity contribution in [3.05, 3.63) is 47.5 Å². The van der Waals surface area contributed by atoms with Crippen LogP contribution in [0, 0.1) is 6.92 Å². The number of aromatic amines is 2. The molecule has 1 fully saturated rings. The lowest BCUT2D eigenvalue weighted by Crippen LogP contribution is -2.51. The molecule has 0 aliphatic carbocycles. The van der Waals surface area contributed by atoms with Crippen LogP contribution >= 0.6 is 0 Å². The van der Waals surface area contributed by atoms with E-state index in [9.17, 15) is 13.2 Å². The highest BCUT2D eigenvalue weighted by Gasteiger charge is 2.32. The largest absolute Gasteiger partial charge is 0.417 e. The van der Waals surface area contributed by atoms with Crippen LogP contribution in [-0.4, -0.2) is 55.7 Å². The smallest absolute Gasteiger partial charge is 0.351 e. The predicted molar refractivity (Wildman–Crippen MR) is 102 cm³/mol. The Kier molecular flexibility index (Phi) is 5.03. The minimum absolute atomic E-state index is 0.120. The van der Waals surface area contributed by atoms with Gasteiger partial charge in [-0.2, -0.15) is 18.3 Å². The molecule has 0 saturated carbocycles. The van der Waals surface area contributed by atoms with Crippen LogP contribution in [0.4, 0.5) is 19.0 Å². The molecule has 7 nitrogen and oxygen atoms in total. The average molecular weight is 405 g/mol. The van der Waals surface area contributed by atoms with Gasteiger partial charge in [0.05, 0.1) is 11.8 Å². The molecule has 3 aromatic rings. The summed E-state index contributed by atoms with van der Waals surface area (Å²) < 4.78 is 38.3. The normalized spacial score (nSPS) is 18.4. The minimum Gasteiger partial charge on any atom is -0.351 e. The molecule has 4 heterocycles. The number of nitrogens with one attached hydrogen (secondary N) is 2. The van der Waals surface area contributed by atoms with E-state index in [0.717, 1.165) is 48.1 Å². The summed E-state index contributed by atoms with van der Waals surface area (Å²) in [6.07, 6.45) is 0.113. The second-order valence-corrected chi connectivity index (χ2v) is 7.37. The Hall–Kier alpha value is -2.88. The van der Waals surface area contributed by atoms with Crippen LogP contribution in [0.15, 0.2) is 30.7 Å². The molecule has 1 aliphatic heterocycles. The molecule has 0 aromatic carbocycles. The first kappa shape index (κ1) is 19.4. The van der Waals surface area contributed by atoms with E-state index in [-0.39, 0.29) is 6.04 Å². The van der Waals surface area contributed by atoms with Gasteiger partial charge in [0.15, 0.2) is 5.82 Å². The monoisotopic (exact) mass is 405 g/mol. The third-order valence-corrected chi connectivity index (χ3v) is 5.13. The lowest BCUT2D eigenvalue weighted by Gasteiger charge is -2.40. The Labute approximate surface area is 166 Å². The molecular weight excluding hydrogens is 383 g/mol. The number of halogens is 3. The maximum absolute atomic E-state index is 12.8. The molecule has 4 rings (SSSR count). The molecule has 1 unspecified atom stereocenters. The molecule has 2 N–H and O–H groups in total. The highest BCUT2D eigenvalue weighted by Crippen LogP contribution is 2.30. The average Bonchev–Trinajstić information content (AvgIpc) is 3.30. The number of alkyl halides is 3. The summed E-state index contributed by atoms with van der Waals surface area (Å²) in [5.41, 5.74) is 2.17. The van der Waals surface area contributed by atoms with Crippen molar-refractivity contribution in [1.82, 2.24) is 30.0 Å². The number of aryl methyl sites for hydroxylation is 1. The van der Waals surface area contributed by atoms with Crippen molar-refractivity contribution in [2.45, 2.75) is 32.6 Å². The fourth-order valence-corrected chi connectivity index (χ4v) is 3.66. The number of H-pyrrole nitrogens is 2. The summed E-state index contributed by atoms with van der Waals surface area (Å²) in [5, 5.41) is 7.16. The molecule has 0 radical (unpaired) electrons. The summed E-state index contributed by atoms with van der Waals surface area (Å²) in [7, 11) is 0. The molecular formula is C19H22F3N7. The Balaban J connectivity index is 1.42. The second kappa shape index (κ2) is 7.51. The standard InChI is InChI=1S/C19H22F3N7/c1-12-7-24-18(26-12)17-14(8-25-27-17)11-28-5-6-29(13(2)10-28)16-4-3-15(9-23-16)19(20,21)22/h3-4,7-9,13H,5-6,10-11H2,1-2H3,(H,24,26)(H,25,27). The van der Waals surface area contributed by atoms with Gasteiger partial charge >= 0.3 is 6.18 Å². The van der Waals surface area contributed by atoms with Gasteiger partial charge in [-0.3, -0.25) is 10.00 Å². The number of rotatable bonds is 4. The number of aromatic nitrogens is 5. The van der Waals surface area contributed by atoms with E-state index >= 15 is 0 Å². The van der Waals surface area contributed by atoms with E-state index in [1.165, 1.54) is 6.07 Å². The van der Waals surface area contributed by atoms with Crippen molar-refractivity contribution in [2.24, 2.45) is 0 Å². The van der Waals surface area contributed by atoms with Gasteiger partial charge in [0.25, 0.3) is 0 Å². The fourth-order valence-electron chi connectivity index (χ4n) is 3.66. The molecule has 0 amide bonds. The lowest BCUT2D eigenvalue weighted by atomic mass is 10.1.